The third kappa shape index (κ3) is 4.47. The molecule has 3 atom stereocenters. The van der Waals surface area contributed by atoms with Gasteiger partial charge in [-0.2, -0.15) is 8.78 Å². The molecule has 0 saturated heterocycles. The lowest BCUT2D eigenvalue weighted by molar-refractivity contribution is -0.167. The van der Waals surface area contributed by atoms with Crippen molar-refractivity contribution in [1.82, 2.24) is 10.2 Å². The summed E-state index contributed by atoms with van der Waals surface area (Å²) >= 11 is 5.25. The zero-order chi connectivity index (χ0) is 14.3. The number of rotatable bonds is 8. The van der Waals surface area contributed by atoms with Gasteiger partial charge in [0.1, 0.15) is 12.4 Å². The predicted octanol–water partition coefficient (Wildman–Crippen LogP) is 0.598. The van der Waals surface area contributed by atoms with Crippen molar-refractivity contribution >= 4 is 24.0 Å². The molecule has 0 spiro atoms. The lowest BCUT2D eigenvalue weighted by atomic mass is 10.0. The van der Waals surface area contributed by atoms with Crippen LogP contribution in [0.4, 0.5) is 8.78 Å². The molecule has 18 heavy (non-hydrogen) atoms. The van der Waals surface area contributed by atoms with Crippen molar-refractivity contribution in [3.05, 3.63) is 0 Å². The van der Waals surface area contributed by atoms with Crippen LogP contribution in [0.2, 0.25) is 0 Å². The first-order chi connectivity index (χ1) is 8.31. The first-order valence-electron chi connectivity index (χ1n) is 5.49. The summed E-state index contributed by atoms with van der Waals surface area (Å²) in [5.41, 5.74) is 0. The average Bonchev–Trinajstić information content (AvgIpc) is 2.34. The van der Waals surface area contributed by atoms with E-state index in [1.54, 1.807) is 12.2 Å². The van der Waals surface area contributed by atoms with Crippen LogP contribution in [0.3, 0.4) is 0 Å². The number of aliphatic hydroxyl groups excluding tert-OH is 1. The van der Waals surface area contributed by atoms with Gasteiger partial charge in [0, 0.05) is 0 Å². The number of alkyl halides is 2. The van der Waals surface area contributed by atoms with E-state index in [1.807, 2.05) is 4.84 Å². The fourth-order valence-corrected chi connectivity index (χ4v) is 1.54. The Morgan fingerprint density at radius 2 is 2.11 bits per heavy atom. The van der Waals surface area contributed by atoms with Crippen LogP contribution in [0.5, 0.6) is 0 Å². The van der Waals surface area contributed by atoms with Crippen LogP contribution in [0.15, 0.2) is 0 Å². The number of nitrogens with one attached hydrogen (secondary N) is 2. The highest BCUT2D eigenvalue weighted by atomic mass is 35.5. The summed E-state index contributed by atoms with van der Waals surface area (Å²) in [6.45, 7) is 2.97. The molecule has 1 amide bonds. The third-order valence-corrected chi connectivity index (χ3v) is 2.64. The normalized spacial score (nSPS) is 16.8. The molecular weight excluding hydrogens is 270 g/mol. The molecule has 0 aromatic carbocycles. The standard InChI is InChI=1S/C10H17ClF2N2O3/c1-3-4-7(15-11)8(17)10(12,13)9(18)14-6(2)5-16/h5-8,15,17H,3-4H2,1-2H3,(H,14,18)/t6-,7-,8?/m0/s1. The fourth-order valence-electron chi connectivity index (χ4n) is 1.31. The van der Waals surface area contributed by atoms with E-state index in [-0.39, 0.29) is 6.42 Å². The van der Waals surface area contributed by atoms with E-state index < -0.39 is 30.0 Å². The van der Waals surface area contributed by atoms with Gasteiger partial charge in [-0.15, -0.1) is 0 Å². The molecule has 0 aliphatic heterocycles. The summed E-state index contributed by atoms with van der Waals surface area (Å²) in [4.78, 5) is 23.5. The first-order valence-corrected chi connectivity index (χ1v) is 5.87. The summed E-state index contributed by atoms with van der Waals surface area (Å²) in [6.07, 6.45) is -1.28. The number of hydrogen-bond donors (Lipinski definition) is 3. The van der Waals surface area contributed by atoms with E-state index in [4.69, 9.17) is 11.8 Å². The smallest absolute Gasteiger partial charge is 0.351 e. The zero-order valence-corrected chi connectivity index (χ0v) is 10.9. The molecule has 0 rings (SSSR count). The summed E-state index contributed by atoms with van der Waals surface area (Å²) in [7, 11) is 0. The lowest BCUT2D eigenvalue weighted by Crippen LogP contribution is -2.56. The van der Waals surface area contributed by atoms with Crippen molar-refractivity contribution < 1.29 is 23.5 Å². The van der Waals surface area contributed by atoms with E-state index in [2.05, 4.69) is 0 Å². The van der Waals surface area contributed by atoms with E-state index in [1.165, 1.54) is 6.92 Å². The Labute approximate surface area is 109 Å². The number of aliphatic hydroxyl groups is 1. The Bertz CT molecular complexity index is 292. The van der Waals surface area contributed by atoms with Crippen LogP contribution in [0, 0.1) is 0 Å². The van der Waals surface area contributed by atoms with Crippen molar-refractivity contribution in [2.45, 2.75) is 50.8 Å². The second-order valence-corrected chi connectivity index (χ2v) is 4.19. The second kappa shape index (κ2) is 7.60. The molecule has 0 bridgehead atoms. The first kappa shape index (κ1) is 17.2. The SMILES string of the molecule is CCC[C@H](NCl)C(O)C(F)(F)C(=O)N[C@@H](C)C=O. The predicted molar refractivity (Wildman–Crippen MR) is 62.3 cm³/mol. The molecule has 0 heterocycles. The van der Waals surface area contributed by atoms with Gasteiger partial charge in [-0.1, -0.05) is 13.3 Å². The lowest BCUT2D eigenvalue weighted by Gasteiger charge is -2.28. The molecule has 3 N–H and O–H groups in total. The van der Waals surface area contributed by atoms with Gasteiger partial charge < -0.3 is 15.2 Å². The third-order valence-electron chi connectivity index (χ3n) is 2.36. The summed E-state index contributed by atoms with van der Waals surface area (Å²) < 4.78 is 27.2. The minimum absolute atomic E-state index is 0.177. The number of hydrogen-bond acceptors (Lipinski definition) is 4. The Morgan fingerprint density at radius 3 is 2.50 bits per heavy atom. The van der Waals surface area contributed by atoms with E-state index in [0.29, 0.717) is 12.7 Å². The maximum absolute atomic E-state index is 13.6. The molecule has 1 unspecified atom stereocenters. The van der Waals surface area contributed by atoms with Crippen molar-refractivity contribution in [3.8, 4) is 0 Å². The number of halogens is 3. The van der Waals surface area contributed by atoms with Crippen LogP contribution in [0.1, 0.15) is 26.7 Å². The highest BCUT2D eigenvalue weighted by Gasteiger charge is 2.49. The van der Waals surface area contributed by atoms with E-state index in [9.17, 15) is 23.5 Å². The highest BCUT2D eigenvalue weighted by molar-refractivity contribution is 6.13. The monoisotopic (exact) mass is 286 g/mol. The molecule has 0 aromatic heterocycles. The molecule has 0 aliphatic rings. The molecule has 0 aliphatic carbocycles. The molecule has 5 nitrogen and oxygen atoms in total. The van der Waals surface area contributed by atoms with Crippen molar-refractivity contribution in [1.29, 1.82) is 0 Å². The minimum atomic E-state index is -4.03. The van der Waals surface area contributed by atoms with E-state index >= 15 is 0 Å². The van der Waals surface area contributed by atoms with Gasteiger partial charge in [-0.3, -0.25) is 4.79 Å². The second-order valence-electron chi connectivity index (χ2n) is 3.97. The van der Waals surface area contributed by atoms with Gasteiger partial charge in [0.05, 0.1) is 12.1 Å². The maximum atomic E-state index is 13.6. The van der Waals surface area contributed by atoms with Crippen LogP contribution >= 0.6 is 11.8 Å². The van der Waals surface area contributed by atoms with Crippen LogP contribution < -0.4 is 10.2 Å². The van der Waals surface area contributed by atoms with Gasteiger partial charge in [-0.25, -0.2) is 4.84 Å². The number of amides is 1. The largest absolute Gasteiger partial charge is 0.385 e. The molecule has 8 heteroatoms. The van der Waals surface area contributed by atoms with Gasteiger partial charge >= 0.3 is 5.92 Å². The average molecular weight is 287 g/mol. The molecule has 106 valence electrons. The quantitative estimate of drug-likeness (QED) is 0.451. The number of carbonyl (C=O) groups excluding carboxylic acids is 2. The molecule has 0 aromatic rings. The summed E-state index contributed by atoms with van der Waals surface area (Å²) in [6, 6.07) is -2.17. The van der Waals surface area contributed by atoms with Gasteiger partial charge in [0.2, 0.25) is 0 Å². The van der Waals surface area contributed by atoms with Gasteiger partial charge in [-0.05, 0) is 25.1 Å². The van der Waals surface area contributed by atoms with E-state index in [0.717, 1.165) is 0 Å². The maximum Gasteiger partial charge on any atom is 0.351 e. The number of carbonyl (C=O) groups is 2. The molecule has 0 fully saturated rings. The fraction of sp³-hybridized carbons (Fsp3) is 0.800. The summed E-state index contributed by atoms with van der Waals surface area (Å²) in [5.74, 6) is -5.73. The molecule has 0 saturated carbocycles. The van der Waals surface area contributed by atoms with Crippen LogP contribution in [-0.2, 0) is 9.59 Å². The highest BCUT2D eigenvalue weighted by Crippen LogP contribution is 2.24. The Hall–Kier alpha value is -0.790. The van der Waals surface area contributed by atoms with Crippen molar-refractivity contribution in [2.24, 2.45) is 0 Å². The molecular formula is C10H17ClF2N2O3. The topological polar surface area (TPSA) is 78.4 Å². The zero-order valence-electron chi connectivity index (χ0n) is 10.1. The Balaban J connectivity index is 4.76. The van der Waals surface area contributed by atoms with Crippen molar-refractivity contribution in [2.75, 3.05) is 0 Å². The van der Waals surface area contributed by atoms with Gasteiger partial charge in [0.25, 0.3) is 5.91 Å². The Kier molecular flexibility index (Phi) is 7.27. The van der Waals surface area contributed by atoms with Gasteiger partial charge in [0.15, 0.2) is 0 Å². The molecule has 0 radical (unpaired) electrons. The van der Waals surface area contributed by atoms with Crippen LogP contribution in [-0.4, -0.2) is 41.4 Å². The minimum Gasteiger partial charge on any atom is -0.385 e. The summed E-state index contributed by atoms with van der Waals surface area (Å²) in [5, 5.41) is 11.3. The van der Waals surface area contributed by atoms with Crippen LogP contribution in [0.25, 0.3) is 0 Å². The Morgan fingerprint density at radius 1 is 1.56 bits per heavy atom. The van der Waals surface area contributed by atoms with Crippen molar-refractivity contribution in [3.63, 3.8) is 0 Å². The number of aldehydes is 1.